The van der Waals surface area contributed by atoms with Crippen molar-refractivity contribution in [1.29, 1.82) is 0 Å². The smallest absolute Gasteiger partial charge is 0.240 e. The van der Waals surface area contributed by atoms with Crippen LogP contribution in [0.5, 0.6) is 0 Å². The molecular formula is C20H27N3O4S. The Morgan fingerprint density at radius 1 is 1.29 bits per heavy atom. The molecule has 1 aliphatic heterocycles. The number of hydrogen-bond acceptors (Lipinski definition) is 5. The molecule has 0 bridgehead atoms. The van der Waals surface area contributed by atoms with Crippen molar-refractivity contribution in [3.63, 3.8) is 0 Å². The third-order valence-corrected chi connectivity index (χ3v) is 6.36. The molecule has 28 heavy (non-hydrogen) atoms. The molecule has 0 saturated heterocycles. The second kappa shape index (κ2) is 8.46. The Bertz CT molecular complexity index is 952. The molecule has 152 valence electrons. The van der Waals surface area contributed by atoms with E-state index in [1.165, 1.54) is 0 Å². The number of nitrogens with one attached hydrogen (secondary N) is 1. The molecule has 2 aromatic rings. The molecule has 0 unspecified atom stereocenters. The van der Waals surface area contributed by atoms with Crippen LogP contribution >= 0.6 is 0 Å². The number of nitrogens with zero attached hydrogens (tertiary/aromatic N) is 1. The van der Waals surface area contributed by atoms with E-state index in [-0.39, 0.29) is 17.3 Å². The lowest BCUT2D eigenvalue weighted by Crippen LogP contribution is -2.45. The van der Waals surface area contributed by atoms with Gasteiger partial charge in [-0.25, -0.2) is 13.1 Å². The summed E-state index contributed by atoms with van der Waals surface area (Å²) in [6.45, 7) is 4.87. The van der Waals surface area contributed by atoms with E-state index in [2.05, 4.69) is 4.72 Å². The minimum atomic E-state index is -3.68. The van der Waals surface area contributed by atoms with Gasteiger partial charge in [0, 0.05) is 13.1 Å². The lowest BCUT2D eigenvalue weighted by atomic mass is 9.99. The predicted octanol–water partition coefficient (Wildman–Crippen LogP) is 2.08. The SMILES string of the molecule is CCC[C@H](N)C(=O)N1CCc2ccc(S(=O)(=O)NCc3ccc(C)o3)cc2C1. The van der Waals surface area contributed by atoms with Crippen molar-refractivity contribution >= 4 is 15.9 Å². The molecule has 0 radical (unpaired) electrons. The van der Waals surface area contributed by atoms with E-state index < -0.39 is 16.1 Å². The van der Waals surface area contributed by atoms with Gasteiger partial charge in [0.1, 0.15) is 11.5 Å². The summed E-state index contributed by atoms with van der Waals surface area (Å²) < 4.78 is 33.3. The summed E-state index contributed by atoms with van der Waals surface area (Å²) >= 11 is 0. The third-order valence-electron chi connectivity index (χ3n) is 4.96. The third kappa shape index (κ3) is 4.63. The number of carbonyl (C=O) groups excluding carboxylic acids is 1. The van der Waals surface area contributed by atoms with Crippen LogP contribution in [-0.4, -0.2) is 31.8 Å². The standard InChI is InChI=1S/C20H27N3O4S/c1-3-4-19(21)20(24)23-10-9-15-6-8-18(11-16(15)13-23)28(25,26)22-12-17-7-5-14(2)27-17/h5-8,11,19,22H,3-4,9-10,12-13,21H2,1-2H3/t19-/m0/s1. The van der Waals surface area contributed by atoms with Crippen molar-refractivity contribution in [1.82, 2.24) is 9.62 Å². The van der Waals surface area contributed by atoms with Crippen LogP contribution in [0.15, 0.2) is 39.6 Å². The highest BCUT2D eigenvalue weighted by atomic mass is 32.2. The maximum Gasteiger partial charge on any atom is 0.240 e. The van der Waals surface area contributed by atoms with Crippen LogP contribution in [0.3, 0.4) is 0 Å². The summed E-state index contributed by atoms with van der Waals surface area (Å²) in [5.74, 6) is 1.21. The molecule has 3 rings (SSSR count). The lowest BCUT2D eigenvalue weighted by molar-refractivity contribution is -0.133. The van der Waals surface area contributed by atoms with Crippen LogP contribution in [0.4, 0.5) is 0 Å². The number of fused-ring (bicyclic) bond motifs is 1. The zero-order valence-electron chi connectivity index (χ0n) is 16.3. The largest absolute Gasteiger partial charge is 0.465 e. The van der Waals surface area contributed by atoms with Crippen molar-refractivity contribution < 1.29 is 17.6 Å². The fourth-order valence-corrected chi connectivity index (χ4v) is 4.43. The van der Waals surface area contributed by atoms with Crippen LogP contribution in [-0.2, 0) is 34.3 Å². The normalized spacial score (nSPS) is 15.3. The number of benzene rings is 1. The summed E-state index contributed by atoms with van der Waals surface area (Å²) in [4.78, 5) is 14.4. The summed E-state index contributed by atoms with van der Waals surface area (Å²) in [5.41, 5.74) is 7.88. The highest BCUT2D eigenvalue weighted by Gasteiger charge is 2.26. The van der Waals surface area contributed by atoms with Crippen LogP contribution < -0.4 is 10.5 Å². The quantitative estimate of drug-likeness (QED) is 0.734. The van der Waals surface area contributed by atoms with Gasteiger partial charge in [0.05, 0.1) is 17.5 Å². The molecule has 1 amide bonds. The molecule has 0 saturated carbocycles. The van der Waals surface area contributed by atoms with Crippen molar-refractivity contribution in [3.8, 4) is 0 Å². The average Bonchev–Trinajstić information content (AvgIpc) is 3.10. The Hall–Kier alpha value is -2.16. The molecule has 1 aliphatic rings. The monoisotopic (exact) mass is 405 g/mol. The first-order valence-electron chi connectivity index (χ1n) is 9.51. The van der Waals surface area contributed by atoms with Crippen LogP contribution in [0.2, 0.25) is 0 Å². The Kier molecular flexibility index (Phi) is 6.22. The Balaban J connectivity index is 1.73. The number of carbonyl (C=O) groups is 1. The number of nitrogens with two attached hydrogens (primary N) is 1. The van der Waals surface area contributed by atoms with Crippen LogP contribution in [0.1, 0.15) is 42.4 Å². The number of hydrogen-bond donors (Lipinski definition) is 2. The van der Waals surface area contributed by atoms with Gasteiger partial charge < -0.3 is 15.1 Å². The molecule has 1 aromatic carbocycles. The van der Waals surface area contributed by atoms with Gasteiger partial charge in [0.25, 0.3) is 0 Å². The first-order valence-corrected chi connectivity index (χ1v) is 11.0. The first kappa shape index (κ1) is 20.6. The zero-order chi connectivity index (χ0) is 20.3. The fourth-order valence-electron chi connectivity index (χ4n) is 3.39. The molecule has 1 atom stereocenters. The average molecular weight is 406 g/mol. The van der Waals surface area contributed by atoms with Crippen LogP contribution in [0.25, 0.3) is 0 Å². The van der Waals surface area contributed by atoms with Gasteiger partial charge in [-0.2, -0.15) is 0 Å². The molecule has 3 N–H and O–H groups in total. The minimum Gasteiger partial charge on any atom is -0.465 e. The Labute approximate surface area is 165 Å². The fraction of sp³-hybridized carbons (Fsp3) is 0.450. The Morgan fingerprint density at radius 2 is 2.07 bits per heavy atom. The van der Waals surface area contributed by atoms with Crippen molar-refractivity contribution in [2.24, 2.45) is 5.73 Å². The predicted molar refractivity (Wildman–Crippen MR) is 106 cm³/mol. The van der Waals surface area contributed by atoms with Crippen molar-refractivity contribution in [2.75, 3.05) is 6.54 Å². The minimum absolute atomic E-state index is 0.0768. The number of rotatable bonds is 7. The molecule has 0 aliphatic carbocycles. The van der Waals surface area contributed by atoms with Gasteiger partial charge in [-0.3, -0.25) is 4.79 Å². The van der Waals surface area contributed by atoms with Crippen LogP contribution in [0, 0.1) is 6.92 Å². The van der Waals surface area contributed by atoms with E-state index in [1.54, 1.807) is 36.1 Å². The molecule has 8 heteroatoms. The van der Waals surface area contributed by atoms with Gasteiger partial charge in [-0.05, 0) is 55.2 Å². The number of sulfonamides is 1. The molecule has 2 heterocycles. The van der Waals surface area contributed by atoms with E-state index in [9.17, 15) is 13.2 Å². The van der Waals surface area contributed by atoms with Gasteiger partial charge in [0.2, 0.25) is 15.9 Å². The lowest BCUT2D eigenvalue weighted by Gasteiger charge is -2.31. The Morgan fingerprint density at radius 3 is 2.75 bits per heavy atom. The number of amides is 1. The molecule has 0 fully saturated rings. The van der Waals surface area contributed by atoms with Crippen molar-refractivity contribution in [3.05, 3.63) is 53.0 Å². The summed E-state index contributed by atoms with van der Waals surface area (Å²) in [5, 5.41) is 0. The molecule has 0 spiro atoms. The zero-order valence-corrected chi connectivity index (χ0v) is 17.1. The maximum absolute atomic E-state index is 12.7. The first-order chi connectivity index (χ1) is 13.3. The highest BCUT2D eigenvalue weighted by Crippen LogP contribution is 2.23. The van der Waals surface area contributed by atoms with E-state index in [0.29, 0.717) is 31.7 Å². The number of furan rings is 1. The second-order valence-electron chi connectivity index (χ2n) is 7.17. The van der Waals surface area contributed by atoms with Gasteiger partial charge in [-0.1, -0.05) is 19.4 Å². The molecular weight excluding hydrogens is 378 g/mol. The van der Waals surface area contributed by atoms with E-state index in [0.717, 1.165) is 23.3 Å². The van der Waals surface area contributed by atoms with Crippen molar-refractivity contribution in [2.45, 2.75) is 57.1 Å². The summed E-state index contributed by atoms with van der Waals surface area (Å²) in [6, 6.07) is 8.11. The summed E-state index contributed by atoms with van der Waals surface area (Å²) in [6.07, 6.45) is 2.19. The maximum atomic E-state index is 12.7. The van der Waals surface area contributed by atoms with Gasteiger partial charge in [0.15, 0.2) is 0 Å². The highest BCUT2D eigenvalue weighted by molar-refractivity contribution is 7.89. The van der Waals surface area contributed by atoms with Gasteiger partial charge in [-0.15, -0.1) is 0 Å². The number of aryl methyl sites for hydroxylation is 1. The van der Waals surface area contributed by atoms with Gasteiger partial charge >= 0.3 is 0 Å². The topological polar surface area (TPSA) is 106 Å². The summed E-state index contributed by atoms with van der Waals surface area (Å²) in [7, 11) is -3.68. The second-order valence-corrected chi connectivity index (χ2v) is 8.94. The van der Waals surface area contributed by atoms with E-state index >= 15 is 0 Å². The van der Waals surface area contributed by atoms with E-state index in [1.807, 2.05) is 13.0 Å². The molecule has 1 aromatic heterocycles. The van der Waals surface area contributed by atoms with E-state index in [4.69, 9.17) is 10.2 Å². The molecule has 7 nitrogen and oxygen atoms in total.